The zero-order chi connectivity index (χ0) is 19.4. The Balaban J connectivity index is 2.05. The quantitative estimate of drug-likeness (QED) is 0.847. The third kappa shape index (κ3) is 4.55. The molecule has 1 aliphatic rings. The molecule has 1 saturated carbocycles. The molecule has 2 rings (SSSR count). The van der Waals surface area contributed by atoms with Gasteiger partial charge in [0.1, 0.15) is 11.6 Å². The number of nitrogens with zero attached hydrogens (tertiary/aromatic N) is 1. The molecule has 0 aromatic carbocycles. The Hall–Kier alpha value is -2.09. The lowest BCUT2D eigenvalue weighted by Gasteiger charge is -2.37. The highest BCUT2D eigenvalue weighted by atomic mass is 16.1. The molecule has 0 saturated heterocycles. The standard InChI is InChI=1S/C21H31N3O2/c1-12(2)16-7-6-13(3)10-19(16)24-20(25)9-8-17-14(4)18(11-22)21(26)23-15(17)5/h12-13,16,19H,6-10H2,1-5H3,(H,23,26)(H,24,25)/t13-,16+,19-/m1/s1. The molecule has 2 N–H and O–H groups in total. The van der Waals surface area contributed by atoms with Gasteiger partial charge in [-0.1, -0.05) is 27.2 Å². The molecular formula is C21H31N3O2. The van der Waals surface area contributed by atoms with Gasteiger partial charge in [0.05, 0.1) is 0 Å². The van der Waals surface area contributed by atoms with Gasteiger partial charge in [-0.3, -0.25) is 9.59 Å². The number of rotatable bonds is 5. The van der Waals surface area contributed by atoms with Crippen LogP contribution in [0.4, 0.5) is 0 Å². The summed E-state index contributed by atoms with van der Waals surface area (Å²) in [4.78, 5) is 27.1. The summed E-state index contributed by atoms with van der Waals surface area (Å²) in [6.45, 7) is 10.3. The minimum Gasteiger partial charge on any atom is -0.353 e. The lowest BCUT2D eigenvalue weighted by Crippen LogP contribution is -2.45. The molecule has 26 heavy (non-hydrogen) atoms. The van der Waals surface area contributed by atoms with Gasteiger partial charge in [0.25, 0.3) is 5.56 Å². The molecule has 1 aliphatic carbocycles. The van der Waals surface area contributed by atoms with Crippen molar-refractivity contribution in [3.63, 3.8) is 0 Å². The summed E-state index contributed by atoms with van der Waals surface area (Å²) < 4.78 is 0. The van der Waals surface area contributed by atoms with E-state index in [0.717, 1.165) is 17.7 Å². The Morgan fingerprint density at radius 2 is 2.04 bits per heavy atom. The Morgan fingerprint density at radius 3 is 2.65 bits per heavy atom. The fraction of sp³-hybridized carbons (Fsp3) is 0.667. The second kappa shape index (κ2) is 8.53. The van der Waals surface area contributed by atoms with Gasteiger partial charge in [-0.2, -0.15) is 5.26 Å². The van der Waals surface area contributed by atoms with Crippen molar-refractivity contribution in [1.29, 1.82) is 5.26 Å². The number of hydrogen-bond donors (Lipinski definition) is 2. The Morgan fingerprint density at radius 1 is 1.35 bits per heavy atom. The van der Waals surface area contributed by atoms with E-state index in [9.17, 15) is 9.59 Å². The number of aromatic amines is 1. The molecule has 1 fully saturated rings. The first-order chi connectivity index (χ1) is 12.2. The summed E-state index contributed by atoms with van der Waals surface area (Å²) in [6, 6.07) is 2.21. The van der Waals surface area contributed by atoms with Gasteiger partial charge in [0, 0.05) is 18.2 Å². The van der Waals surface area contributed by atoms with Crippen LogP contribution >= 0.6 is 0 Å². The molecule has 0 aliphatic heterocycles. The van der Waals surface area contributed by atoms with Crippen molar-refractivity contribution >= 4 is 5.91 Å². The number of nitrogens with one attached hydrogen (secondary N) is 2. The molecule has 1 amide bonds. The average Bonchev–Trinajstić information content (AvgIpc) is 2.54. The fourth-order valence-corrected chi connectivity index (χ4v) is 4.31. The monoisotopic (exact) mass is 357 g/mol. The molecule has 1 aromatic heterocycles. The molecule has 5 nitrogen and oxygen atoms in total. The van der Waals surface area contributed by atoms with Gasteiger partial charge in [0.2, 0.25) is 5.91 Å². The highest BCUT2D eigenvalue weighted by Crippen LogP contribution is 2.33. The van der Waals surface area contributed by atoms with E-state index in [1.54, 1.807) is 6.92 Å². The molecule has 1 aromatic rings. The molecule has 0 unspecified atom stereocenters. The van der Waals surface area contributed by atoms with Crippen LogP contribution in [0.5, 0.6) is 0 Å². The highest BCUT2D eigenvalue weighted by Gasteiger charge is 2.31. The van der Waals surface area contributed by atoms with Crippen LogP contribution in [0.2, 0.25) is 0 Å². The second-order valence-corrected chi connectivity index (χ2v) is 8.17. The summed E-state index contributed by atoms with van der Waals surface area (Å²) >= 11 is 0. The first-order valence-corrected chi connectivity index (χ1v) is 9.66. The summed E-state index contributed by atoms with van der Waals surface area (Å²) in [5, 5.41) is 12.4. The normalized spacial score (nSPS) is 22.9. The fourth-order valence-electron chi connectivity index (χ4n) is 4.31. The van der Waals surface area contributed by atoms with E-state index in [1.165, 1.54) is 12.8 Å². The summed E-state index contributed by atoms with van der Waals surface area (Å²) in [5.74, 6) is 1.81. The number of aromatic nitrogens is 1. The topological polar surface area (TPSA) is 85.8 Å². The second-order valence-electron chi connectivity index (χ2n) is 8.17. The Bertz CT molecular complexity index is 758. The summed E-state index contributed by atoms with van der Waals surface area (Å²) in [7, 11) is 0. The van der Waals surface area contributed by atoms with Crippen LogP contribution in [0.1, 0.15) is 68.8 Å². The zero-order valence-corrected chi connectivity index (χ0v) is 16.6. The van der Waals surface area contributed by atoms with Gasteiger partial charge in [-0.25, -0.2) is 0 Å². The number of H-pyrrole nitrogens is 1. The number of aryl methyl sites for hydroxylation is 1. The number of amides is 1. The van der Waals surface area contributed by atoms with E-state index in [-0.39, 0.29) is 23.1 Å². The number of carbonyl (C=O) groups excluding carboxylic acids is 1. The number of carbonyl (C=O) groups is 1. The van der Waals surface area contributed by atoms with Crippen molar-refractivity contribution in [2.45, 2.75) is 72.8 Å². The molecule has 5 heteroatoms. The molecule has 3 atom stereocenters. The molecule has 0 bridgehead atoms. The van der Waals surface area contributed by atoms with Crippen LogP contribution in [0, 0.1) is 42.9 Å². The maximum atomic E-state index is 12.6. The molecule has 0 spiro atoms. The minimum absolute atomic E-state index is 0.0539. The van der Waals surface area contributed by atoms with Gasteiger partial charge < -0.3 is 10.3 Å². The highest BCUT2D eigenvalue weighted by molar-refractivity contribution is 5.76. The van der Waals surface area contributed by atoms with E-state index in [2.05, 4.69) is 31.1 Å². The zero-order valence-electron chi connectivity index (χ0n) is 16.6. The maximum Gasteiger partial charge on any atom is 0.266 e. The molecule has 142 valence electrons. The van der Waals surface area contributed by atoms with Crippen LogP contribution in [-0.4, -0.2) is 16.9 Å². The third-order valence-corrected chi connectivity index (χ3v) is 5.89. The van der Waals surface area contributed by atoms with Crippen molar-refractivity contribution in [2.24, 2.45) is 17.8 Å². The first kappa shape index (κ1) is 20.2. The molecule has 1 heterocycles. The number of pyridine rings is 1. The largest absolute Gasteiger partial charge is 0.353 e. The SMILES string of the molecule is Cc1[nH]c(=O)c(C#N)c(C)c1CCC(=O)N[C@@H]1C[C@H](C)CC[C@H]1C(C)C. The van der Waals surface area contributed by atoms with Gasteiger partial charge in [-0.15, -0.1) is 0 Å². The predicted molar refractivity (Wildman–Crippen MR) is 103 cm³/mol. The van der Waals surface area contributed by atoms with Crippen LogP contribution < -0.4 is 10.9 Å². The maximum absolute atomic E-state index is 12.6. The lowest BCUT2D eigenvalue weighted by molar-refractivity contribution is -0.122. The predicted octanol–water partition coefficient (Wildman–Crippen LogP) is 3.37. The minimum atomic E-state index is -0.355. The van der Waals surface area contributed by atoms with Gasteiger partial charge in [0.15, 0.2) is 0 Å². The van der Waals surface area contributed by atoms with E-state index in [4.69, 9.17) is 5.26 Å². The Kier molecular flexibility index (Phi) is 6.63. The van der Waals surface area contributed by atoms with Crippen molar-refractivity contribution in [2.75, 3.05) is 0 Å². The van der Waals surface area contributed by atoms with E-state index >= 15 is 0 Å². The molecule has 0 radical (unpaired) electrons. The number of hydrogen-bond acceptors (Lipinski definition) is 3. The smallest absolute Gasteiger partial charge is 0.266 e. The summed E-state index contributed by atoms with van der Waals surface area (Å²) in [5.41, 5.74) is 2.12. The first-order valence-electron chi connectivity index (χ1n) is 9.66. The van der Waals surface area contributed by atoms with E-state index < -0.39 is 0 Å². The van der Waals surface area contributed by atoms with E-state index in [0.29, 0.717) is 36.2 Å². The van der Waals surface area contributed by atoms with Crippen molar-refractivity contribution in [3.05, 3.63) is 32.7 Å². The van der Waals surface area contributed by atoms with Gasteiger partial charge in [-0.05, 0) is 62.0 Å². The summed E-state index contributed by atoms with van der Waals surface area (Å²) in [6.07, 6.45) is 4.36. The van der Waals surface area contributed by atoms with Crippen molar-refractivity contribution < 1.29 is 4.79 Å². The number of nitriles is 1. The molecular weight excluding hydrogens is 326 g/mol. The average molecular weight is 357 g/mol. The van der Waals surface area contributed by atoms with Crippen LogP contribution in [0.25, 0.3) is 0 Å². The van der Waals surface area contributed by atoms with Crippen LogP contribution in [0.3, 0.4) is 0 Å². The van der Waals surface area contributed by atoms with Crippen LogP contribution in [0.15, 0.2) is 4.79 Å². The Labute approximate surface area is 156 Å². The van der Waals surface area contributed by atoms with Crippen molar-refractivity contribution in [1.82, 2.24) is 10.3 Å². The lowest BCUT2D eigenvalue weighted by atomic mass is 9.74. The van der Waals surface area contributed by atoms with Gasteiger partial charge >= 0.3 is 0 Å². The van der Waals surface area contributed by atoms with Crippen molar-refractivity contribution in [3.8, 4) is 6.07 Å². The van der Waals surface area contributed by atoms with E-state index in [1.807, 2.05) is 13.0 Å². The van der Waals surface area contributed by atoms with Crippen LogP contribution in [-0.2, 0) is 11.2 Å². The third-order valence-electron chi connectivity index (χ3n) is 5.89.